The Morgan fingerprint density at radius 3 is 3.20 bits per heavy atom. The van der Waals surface area contributed by atoms with Gasteiger partial charge in [0.15, 0.2) is 0 Å². The number of hydrogen-bond donors (Lipinski definition) is 1. The molecule has 0 spiro atoms. The molecule has 0 saturated carbocycles. The van der Waals surface area contributed by atoms with Gasteiger partial charge in [-0.25, -0.2) is 0 Å². The summed E-state index contributed by atoms with van der Waals surface area (Å²) in [6, 6.07) is 1.88. The van der Waals surface area contributed by atoms with E-state index >= 15 is 0 Å². The number of ether oxygens (including phenoxy) is 2. The molecule has 2 rings (SSSR count). The summed E-state index contributed by atoms with van der Waals surface area (Å²) in [5.41, 5.74) is 0.815. The molecule has 1 unspecified atom stereocenters. The minimum atomic E-state index is 0.0832. The first kappa shape index (κ1) is 14.8. The van der Waals surface area contributed by atoms with Crippen LogP contribution in [0.2, 0.25) is 0 Å². The molecule has 0 radical (unpaired) electrons. The van der Waals surface area contributed by atoms with Crippen LogP contribution in [0.4, 0.5) is 0 Å². The first-order valence-electron chi connectivity index (χ1n) is 7.17. The molecule has 2 heterocycles. The fourth-order valence-electron chi connectivity index (χ4n) is 2.16. The summed E-state index contributed by atoms with van der Waals surface area (Å²) in [5, 5.41) is 8.68. The predicted octanol–water partition coefficient (Wildman–Crippen LogP) is 2.15. The van der Waals surface area contributed by atoms with Crippen LogP contribution < -0.4 is 4.74 Å². The van der Waals surface area contributed by atoms with Crippen molar-refractivity contribution in [3.05, 3.63) is 24.0 Å². The minimum Gasteiger partial charge on any atom is -0.492 e. The van der Waals surface area contributed by atoms with E-state index in [0.29, 0.717) is 19.1 Å². The smallest absolute Gasteiger partial charge is 0.138 e. The molecule has 20 heavy (non-hydrogen) atoms. The van der Waals surface area contributed by atoms with Gasteiger partial charge in [0.1, 0.15) is 5.75 Å². The van der Waals surface area contributed by atoms with E-state index in [4.69, 9.17) is 14.6 Å². The lowest BCUT2D eigenvalue weighted by Crippen LogP contribution is -2.07. The Labute approximate surface area is 120 Å². The standard InChI is InChI=1S/C16H21NO3/c18-8-2-1-5-14-11-16(13-17-12-14)20-10-4-7-15-6-3-9-19-15/h11-13,15,18H,2-4,6-10H2. The third kappa shape index (κ3) is 5.20. The Bertz CT molecular complexity index is 458. The van der Waals surface area contributed by atoms with Gasteiger partial charge in [0.2, 0.25) is 0 Å². The molecule has 1 aromatic rings. The SMILES string of the molecule is OCCC#Cc1cncc(OCCCC2CCCO2)c1. The van der Waals surface area contributed by atoms with E-state index < -0.39 is 0 Å². The van der Waals surface area contributed by atoms with Gasteiger partial charge in [-0.2, -0.15) is 0 Å². The molecule has 1 aliphatic rings. The van der Waals surface area contributed by atoms with Crippen LogP contribution in [0.25, 0.3) is 0 Å². The molecule has 4 heteroatoms. The lowest BCUT2D eigenvalue weighted by atomic mass is 10.1. The first-order valence-corrected chi connectivity index (χ1v) is 7.17. The minimum absolute atomic E-state index is 0.0832. The molecule has 0 amide bonds. The molecule has 1 aliphatic heterocycles. The summed E-state index contributed by atoms with van der Waals surface area (Å²) in [5.74, 6) is 6.56. The van der Waals surface area contributed by atoms with Crippen molar-refractivity contribution < 1.29 is 14.6 Å². The van der Waals surface area contributed by atoms with Gasteiger partial charge < -0.3 is 14.6 Å². The number of aliphatic hydroxyl groups is 1. The van der Waals surface area contributed by atoms with Gasteiger partial charge in [-0.3, -0.25) is 4.98 Å². The molecule has 0 aromatic carbocycles. The molecule has 1 fully saturated rings. The third-order valence-electron chi connectivity index (χ3n) is 3.15. The topological polar surface area (TPSA) is 51.6 Å². The van der Waals surface area contributed by atoms with Crippen LogP contribution >= 0.6 is 0 Å². The maximum absolute atomic E-state index is 8.68. The van der Waals surface area contributed by atoms with E-state index in [0.717, 1.165) is 30.8 Å². The van der Waals surface area contributed by atoms with E-state index in [1.165, 1.54) is 12.8 Å². The second-order valence-corrected chi connectivity index (χ2v) is 4.81. The molecular formula is C16H21NO3. The van der Waals surface area contributed by atoms with Crippen molar-refractivity contribution in [3.63, 3.8) is 0 Å². The van der Waals surface area contributed by atoms with Crippen LogP contribution in [0.15, 0.2) is 18.5 Å². The van der Waals surface area contributed by atoms with Crippen LogP contribution in [-0.2, 0) is 4.74 Å². The molecular weight excluding hydrogens is 254 g/mol. The van der Waals surface area contributed by atoms with Gasteiger partial charge in [-0.05, 0) is 31.7 Å². The summed E-state index contributed by atoms with van der Waals surface area (Å²) >= 11 is 0. The zero-order chi connectivity index (χ0) is 14.0. The van der Waals surface area contributed by atoms with Crippen molar-refractivity contribution in [2.24, 2.45) is 0 Å². The van der Waals surface area contributed by atoms with Crippen molar-refractivity contribution in [2.45, 2.75) is 38.2 Å². The number of aliphatic hydroxyl groups excluding tert-OH is 1. The highest BCUT2D eigenvalue weighted by Gasteiger charge is 2.14. The van der Waals surface area contributed by atoms with Crippen molar-refractivity contribution >= 4 is 0 Å². The average Bonchev–Trinajstić information content (AvgIpc) is 2.98. The Morgan fingerprint density at radius 2 is 2.40 bits per heavy atom. The monoisotopic (exact) mass is 275 g/mol. The van der Waals surface area contributed by atoms with E-state index in [2.05, 4.69) is 16.8 Å². The summed E-state index contributed by atoms with van der Waals surface area (Å²) < 4.78 is 11.3. The van der Waals surface area contributed by atoms with Crippen LogP contribution in [-0.4, -0.2) is 36.0 Å². The van der Waals surface area contributed by atoms with E-state index in [-0.39, 0.29) is 6.61 Å². The summed E-state index contributed by atoms with van der Waals surface area (Å²) in [7, 11) is 0. The lowest BCUT2D eigenvalue weighted by Gasteiger charge is -2.09. The van der Waals surface area contributed by atoms with Crippen molar-refractivity contribution in [1.82, 2.24) is 4.98 Å². The second-order valence-electron chi connectivity index (χ2n) is 4.81. The maximum atomic E-state index is 8.68. The third-order valence-corrected chi connectivity index (χ3v) is 3.15. The Kier molecular flexibility index (Phi) is 6.36. The van der Waals surface area contributed by atoms with Gasteiger partial charge in [0, 0.05) is 24.8 Å². The molecule has 108 valence electrons. The summed E-state index contributed by atoms with van der Waals surface area (Å²) in [4.78, 5) is 4.10. The zero-order valence-corrected chi connectivity index (χ0v) is 11.7. The number of aromatic nitrogens is 1. The number of rotatable bonds is 6. The van der Waals surface area contributed by atoms with Crippen molar-refractivity contribution in [1.29, 1.82) is 0 Å². The van der Waals surface area contributed by atoms with Crippen LogP contribution in [0.3, 0.4) is 0 Å². The first-order chi connectivity index (χ1) is 9.88. The van der Waals surface area contributed by atoms with E-state index in [1.807, 2.05) is 6.07 Å². The average molecular weight is 275 g/mol. The Morgan fingerprint density at radius 1 is 1.45 bits per heavy atom. The molecule has 0 bridgehead atoms. The molecule has 4 nitrogen and oxygen atoms in total. The Hall–Kier alpha value is -1.57. The molecule has 1 N–H and O–H groups in total. The van der Waals surface area contributed by atoms with Crippen molar-refractivity contribution in [3.8, 4) is 17.6 Å². The number of hydrogen-bond acceptors (Lipinski definition) is 4. The summed E-state index contributed by atoms with van der Waals surface area (Å²) in [6.07, 6.45) is 8.71. The molecule has 0 aliphatic carbocycles. The second kappa shape index (κ2) is 8.57. The largest absolute Gasteiger partial charge is 0.492 e. The lowest BCUT2D eigenvalue weighted by molar-refractivity contribution is 0.0981. The normalized spacial score (nSPS) is 17.6. The zero-order valence-electron chi connectivity index (χ0n) is 11.7. The molecule has 1 aromatic heterocycles. The van der Waals surface area contributed by atoms with E-state index in [1.54, 1.807) is 12.4 Å². The highest BCUT2D eigenvalue weighted by atomic mass is 16.5. The number of pyridine rings is 1. The van der Waals surface area contributed by atoms with Gasteiger partial charge in [0.05, 0.1) is 25.5 Å². The van der Waals surface area contributed by atoms with Gasteiger partial charge in [-0.1, -0.05) is 11.8 Å². The highest BCUT2D eigenvalue weighted by Crippen LogP contribution is 2.17. The van der Waals surface area contributed by atoms with Gasteiger partial charge in [0.25, 0.3) is 0 Å². The maximum Gasteiger partial charge on any atom is 0.138 e. The van der Waals surface area contributed by atoms with Crippen LogP contribution in [0.5, 0.6) is 5.75 Å². The van der Waals surface area contributed by atoms with E-state index in [9.17, 15) is 0 Å². The fraction of sp³-hybridized carbons (Fsp3) is 0.562. The summed E-state index contributed by atoms with van der Waals surface area (Å²) in [6.45, 7) is 1.67. The molecule has 1 saturated heterocycles. The highest BCUT2D eigenvalue weighted by molar-refractivity contribution is 5.36. The fourth-order valence-corrected chi connectivity index (χ4v) is 2.16. The Balaban J connectivity index is 1.72. The quantitative estimate of drug-likeness (QED) is 0.638. The van der Waals surface area contributed by atoms with Gasteiger partial charge in [-0.15, -0.1) is 0 Å². The van der Waals surface area contributed by atoms with Gasteiger partial charge >= 0.3 is 0 Å². The van der Waals surface area contributed by atoms with Crippen LogP contribution in [0, 0.1) is 11.8 Å². The predicted molar refractivity (Wildman–Crippen MR) is 76.5 cm³/mol. The van der Waals surface area contributed by atoms with Crippen molar-refractivity contribution in [2.75, 3.05) is 19.8 Å². The number of nitrogens with zero attached hydrogens (tertiary/aromatic N) is 1. The van der Waals surface area contributed by atoms with Crippen LogP contribution in [0.1, 0.15) is 37.7 Å². The molecule has 1 atom stereocenters.